The molecule has 0 aliphatic heterocycles. The fraction of sp³-hybridized carbons (Fsp3) is 0.0714. The van der Waals surface area contributed by atoms with Gasteiger partial charge in [-0.05, 0) is 40.2 Å². The van der Waals surface area contributed by atoms with Gasteiger partial charge in [0.2, 0.25) is 0 Å². The lowest BCUT2D eigenvalue weighted by atomic mass is 10.2. The Morgan fingerprint density at radius 3 is 2.68 bits per heavy atom. The van der Waals surface area contributed by atoms with Crippen molar-refractivity contribution in [2.45, 2.75) is 0 Å². The number of hydrogen-bond acceptors (Lipinski definition) is 1. The van der Waals surface area contributed by atoms with Crippen molar-refractivity contribution in [3.63, 3.8) is 0 Å². The maximum Gasteiger partial charge on any atom is 0.149 e. The number of fused-ring (bicyclic) bond motifs is 1. The fourth-order valence-corrected chi connectivity index (χ4v) is 2.58. The monoisotopic (exact) mass is 338 g/mol. The molecule has 96 valence electrons. The highest BCUT2D eigenvalue weighted by Crippen LogP contribution is 2.33. The molecule has 1 heterocycles. The first-order chi connectivity index (χ1) is 9.09. The van der Waals surface area contributed by atoms with Crippen molar-refractivity contribution in [3.05, 3.63) is 51.7 Å². The van der Waals surface area contributed by atoms with Crippen molar-refractivity contribution in [1.29, 1.82) is 0 Å². The topological polar surface area (TPSA) is 17.8 Å². The maximum atomic E-state index is 14.3. The van der Waals surface area contributed by atoms with E-state index < -0.39 is 5.82 Å². The van der Waals surface area contributed by atoms with Crippen LogP contribution in [0, 0.1) is 5.82 Å². The van der Waals surface area contributed by atoms with E-state index in [2.05, 4.69) is 20.9 Å². The van der Waals surface area contributed by atoms with Crippen molar-refractivity contribution in [2.24, 2.45) is 7.05 Å². The van der Waals surface area contributed by atoms with Crippen molar-refractivity contribution >= 4 is 38.6 Å². The molecule has 0 saturated carbocycles. The molecule has 5 heteroatoms. The van der Waals surface area contributed by atoms with E-state index in [9.17, 15) is 4.39 Å². The lowest BCUT2D eigenvalue weighted by Gasteiger charge is -2.06. The van der Waals surface area contributed by atoms with Crippen molar-refractivity contribution in [2.75, 3.05) is 0 Å². The number of para-hydroxylation sites is 2. The first-order valence-electron chi connectivity index (χ1n) is 5.65. The van der Waals surface area contributed by atoms with Crippen molar-refractivity contribution in [3.8, 4) is 11.4 Å². The Bertz CT molecular complexity index is 782. The second-order valence-corrected chi connectivity index (χ2v) is 5.41. The molecule has 1 aromatic heterocycles. The van der Waals surface area contributed by atoms with Crippen LogP contribution in [0.15, 0.2) is 40.9 Å². The molecule has 0 saturated heterocycles. The van der Waals surface area contributed by atoms with Crippen LogP contribution in [0.5, 0.6) is 0 Å². The summed E-state index contributed by atoms with van der Waals surface area (Å²) in [5, 5.41) is 0.347. The lowest BCUT2D eigenvalue weighted by Crippen LogP contribution is -1.95. The molecule has 0 spiro atoms. The van der Waals surface area contributed by atoms with Crippen LogP contribution in [-0.2, 0) is 7.05 Å². The third-order valence-electron chi connectivity index (χ3n) is 3.06. The van der Waals surface area contributed by atoms with Gasteiger partial charge in [-0.3, -0.25) is 0 Å². The minimum absolute atomic E-state index is 0.263. The Morgan fingerprint density at radius 1 is 1.21 bits per heavy atom. The Morgan fingerprint density at radius 2 is 1.95 bits per heavy atom. The van der Waals surface area contributed by atoms with Crippen LogP contribution in [0.2, 0.25) is 5.02 Å². The van der Waals surface area contributed by atoms with E-state index in [0.717, 1.165) is 11.0 Å². The van der Waals surface area contributed by atoms with Gasteiger partial charge in [-0.1, -0.05) is 23.7 Å². The van der Waals surface area contributed by atoms with E-state index >= 15 is 0 Å². The van der Waals surface area contributed by atoms with Gasteiger partial charge in [0.05, 0.1) is 26.1 Å². The van der Waals surface area contributed by atoms with E-state index in [1.54, 1.807) is 12.1 Å². The summed E-state index contributed by atoms with van der Waals surface area (Å²) in [6.07, 6.45) is 0. The van der Waals surface area contributed by atoms with Crippen LogP contribution in [0.3, 0.4) is 0 Å². The Hall–Kier alpha value is -1.39. The standard InChI is InChI=1S/C14H9BrClFN2/c1-19-11-5-3-2-4-10(11)18-14(19)8-6-7-9(16)12(15)13(8)17/h2-7H,1H3. The number of halogens is 3. The van der Waals surface area contributed by atoms with Gasteiger partial charge < -0.3 is 4.57 Å². The Balaban J connectivity index is 2.31. The normalized spacial score (nSPS) is 11.2. The summed E-state index contributed by atoms with van der Waals surface area (Å²) in [5.74, 6) is 0.182. The minimum Gasteiger partial charge on any atom is -0.327 e. The number of imidazole rings is 1. The molecule has 0 unspecified atom stereocenters. The summed E-state index contributed by atoms with van der Waals surface area (Å²) >= 11 is 9.03. The molecule has 0 radical (unpaired) electrons. The van der Waals surface area contributed by atoms with E-state index in [-0.39, 0.29) is 4.47 Å². The first-order valence-corrected chi connectivity index (χ1v) is 6.82. The highest BCUT2D eigenvalue weighted by atomic mass is 79.9. The van der Waals surface area contributed by atoms with Gasteiger partial charge in [0.1, 0.15) is 11.6 Å². The lowest BCUT2D eigenvalue weighted by molar-refractivity contribution is 0.622. The van der Waals surface area contributed by atoms with Gasteiger partial charge in [0, 0.05) is 7.05 Å². The van der Waals surface area contributed by atoms with E-state index in [1.807, 2.05) is 35.9 Å². The second-order valence-electron chi connectivity index (χ2n) is 4.21. The maximum absolute atomic E-state index is 14.3. The summed E-state index contributed by atoms with van der Waals surface area (Å²) < 4.78 is 16.4. The molecule has 0 bridgehead atoms. The molecule has 19 heavy (non-hydrogen) atoms. The predicted molar refractivity (Wildman–Crippen MR) is 78.8 cm³/mol. The van der Waals surface area contributed by atoms with Gasteiger partial charge in [-0.15, -0.1) is 0 Å². The summed E-state index contributed by atoms with van der Waals surface area (Å²) in [7, 11) is 1.87. The average molecular weight is 340 g/mol. The highest BCUT2D eigenvalue weighted by molar-refractivity contribution is 9.10. The van der Waals surface area contributed by atoms with E-state index in [4.69, 9.17) is 11.6 Å². The molecule has 3 aromatic rings. The van der Waals surface area contributed by atoms with Crippen LogP contribution < -0.4 is 0 Å². The summed E-state index contributed by atoms with van der Waals surface area (Å²) in [6.45, 7) is 0. The second kappa shape index (κ2) is 4.62. The molecular weight excluding hydrogens is 331 g/mol. The molecule has 0 atom stereocenters. The van der Waals surface area contributed by atoms with Crippen molar-refractivity contribution < 1.29 is 4.39 Å². The van der Waals surface area contributed by atoms with E-state index in [1.165, 1.54) is 0 Å². The third kappa shape index (κ3) is 1.95. The molecule has 0 aliphatic carbocycles. The fourth-order valence-electron chi connectivity index (χ4n) is 2.09. The van der Waals surface area contributed by atoms with Crippen LogP contribution in [0.4, 0.5) is 4.39 Å². The summed E-state index contributed by atoms with van der Waals surface area (Å²) in [4.78, 5) is 4.47. The van der Waals surface area contributed by atoms with Crippen LogP contribution in [0.1, 0.15) is 0 Å². The van der Waals surface area contributed by atoms with Gasteiger partial charge >= 0.3 is 0 Å². The largest absolute Gasteiger partial charge is 0.327 e. The Kier molecular flexibility index (Phi) is 3.07. The number of aryl methyl sites for hydroxylation is 1. The molecule has 0 fully saturated rings. The van der Waals surface area contributed by atoms with Gasteiger partial charge in [0.25, 0.3) is 0 Å². The number of rotatable bonds is 1. The van der Waals surface area contributed by atoms with Crippen LogP contribution in [-0.4, -0.2) is 9.55 Å². The molecule has 2 aromatic carbocycles. The Labute approximate surface area is 123 Å². The molecule has 2 nitrogen and oxygen atoms in total. The van der Waals surface area contributed by atoms with E-state index in [0.29, 0.717) is 16.4 Å². The molecule has 0 aliphatic rings. The number of nitrogens with zero attached hydrogens (tertiary/aromatic N) is 2. The molecular formula is C14H9BrClFN2. The van der Waals surface area contributed by atoms with Crippen molar-refractivity contribution in [1.82, 2.24) is 9.55 Å². The summed E-state index contributed by atoms with van der Waals surface area (Å²) in [5.41, 5.74) is 2.23. The summed E-state index contributed by atoms with van der Waals surface area (Å²) in [6, 6.07) is 11.0. The number of benzene rings is 2. The molecule has 0 N–H and O–H groups in total. The highest BCUT2D eigenvalue weighted by Gasteiger charge is 2.16. The van der Waals surface area contributed by atoms with Gasteiger partial charge in [-0.25, -0.2) is 9.37 Å². The zero-order valence-corrected chi connectivity index (χ0v) is 12.3. The predicted octanol–water partition coefficient (Wildman–Crippen LogP) is 4.80. The van der Waals surface area contributed by atoms with Crippen LogP contribution >= 0.6 is 27.5 Å². The number of aromatic nitrogens is 2. The molecule has 3 rings (SSSR count). The van der Waals surface area contributed by atoms with Crippen LogP contribution in [0.25, 0.3) is 22.4 Å². The smallest absolute Gasteiger partial charge is 0.149 e. The molecule has 0 amide bonds. The SMILES string of the molecule is Cn1c(-c2ccc(Cl)c(Br)c2F)nc2ccccc21. The first kappa shape index (κ1) is 12.6. The third-order valence-corrected chi connectivity index (χ3v) is 4.38. The minimum atomic E-state index is -0.397. The van der Waals surface area contributed by atoms with Gasteiger partial charge in [0.15, 0.2) is 0 Å². The van der Waals surface area contributed by atoms with Gasteiger partial charge in [-0.2, -0.15) is 0 Å². The zero-order chi connectivity index (χ0) is 13.6. The average Bonchev–Trinajstić information content (AvgIpc) is 2.74. The zero-order valence-electron chi connectivity index (χ0n) is 9.99. The number of hydrogen-bond donors (Lipinski definition) is 0. The quantitative estimate of drug-likeness (QED) is 0.583.